The van der Waals surface area contributed by atoms with Crippen LogP contribution < -0.4 is 10.6 Å². The van der Waals surface area contributed by atoms with Gasteiger partial charge in [0.05, 0.1) is 43.8 Å². The molecule has 0 fully saturated rings. The number of imide groups is 1. The van der Waals surface area contributed by atoms with Crippen LogP contribution >= 0.6 is 0 Å². The highest BCUT2D eigenvalue weighted by Crippen LogP contribution is 2.35. The van der Waals surface area contributed by atoms with Crippen LogP contribution in [0.4, 0.5) is 18.4 Å². The SMILES string of the molecule is C=NC/C(CNC(=O)N1C(=O)NC(COC)=C(C(=O)OC)C1c1ccc(F)c(F)c1)=N\OC. The fourth-order valence-electron chi connectivity index (χ4n) is 3.12. The minimum atomic E-state index is -1.45. The monoisotopic (exact) mass is 467 g/mol. The Labute approximate surface area is 188 Å². The van der Waals surface area contributed by atoms with Crippen molar-refractivity contribution < 1.29 is 37.5 Å². The van der Waals surface area contributed by atoms with E-state index in [4.69, 9.17) is 9.47 Å². The van der Waals surface area contributed by atoms with Crippen LogP contribution in [0.15, 0.2) is 39.6 Å². The van der Waals surface area contributed by atoms with E-state index in [9.17, 15) is 23.2 Å². The molecule has 13 heteroatoms. The number of oxime groups is 1. The lowest BCUT2D eigenvalue weighted by Crippen LogP contribution is -2.55. The summed E-state index contributed by atoms with van der Waals surface area (Å²) >= 11 is 0. The summed E-state index contributed by atoms with van der Waals surface area (Å²) in [5, 5.41) is 8.56. The topological polar surface area (TPSA) is 131 Å². The van der Waals surface area contributed by atoms with Gasteiger partial charge in [0, 0.05) is 7.11 Å². The maximum Gasteiger partial charge on any atom is 0.338 e. The first-order valence-corrected chi connectivity index (χ1v) is 9.43. The van der Waals surface area contributed by atoms with Crippen molar-refractivity contribution in [1.82, 2.24) is 15.5 Å². The van der Waals surface area contributed by atoms with Crippen LogP contribution in [-0.2, 0) is 19.1 Å². The van der Waals surface area contributed by atoms with Crippen molar-refractivity contribution >= 4 is 30.5 Å². The van der Waals surface area contributed by atoms with Crippen LogP contribution in [0.25, 0.3) is 0 Å². The summed E-state index contributed by atoms with van der Waals surface area (Å²) in [6, 6.07) is -0.605. The van der Waals surface area contributed by atoms with Gasteiger partial charge in [-0.1, -0.05) is 11.2 Å². The number of esters is 1. The average molecular weight is 467 g/mol. The minimum Gasteiger partial charge on any atom is -0.466 e. The molecule has 1 aliphatic heterocycles. The van der Waals surface area contributed by atoms with Gasteiger partial charge < -0.3 is 24.9 Å². The maximum atomic E-state index is 14.0. The summed E-state index contributed by atoms with van der Waals surface area (Å²) < 4.78 is 37.4. The van der Waals surface area contributed by atoms with Gasteiger partial charge in [-0.3, -0.25) is 4.99 Å². The zero-order chi connectivity index (χ0) is 24.5. The zero-order valence-electron chi connectivity index (χ0n) is 18.2. The highest BCUT2D eigenvalue weighted by Gasteiger charge is 2.43. The minimum absolute atomic E-state index is 0.00521. The lowest BCUT2D eigenvalue weighted by Gasteiger charge is -2.36. The quantitative estimate of drug-likeness (QED) is 0.322. The molecule has 1 unspecified atom stereocenters. The molecule has 2 N–H and O–H groups in total. The van der Waals surface area contributed by atoms with Gasteiger partial charge in [-0.25, -0.2) is 28.1 Å². The van der Waals surface area contributed by atoms with Gasteiger partial charge in [-0.2, -0.15) is 0 Å². The molecule has 0 radical (unpaired) electrons. The summed E-state index contributed by atoms with van der Waals surface area (Å²) in [6.45, 7) is 2.97. The largest absolute Gasteiger partial charge is 0.466 e. The Kier molecular flexibility index (Phi) is 8.98. The molecule has 0 aromatic heterocycles. The van der Waals surface area contributed by atoms with Crippen molar-refractivity contribution in [3.63, 3.8) is 0 Å². The molecule has 1 aromatic carbocycles. The number of rotatable bonds is 9. The number of carbonyl (C=O) groups is 3. The molecule has 0 saturated heterocycles. The Hall–Kier alpha value is -3.87. The number of ether oxygens (including phenoxy) is 2. The van der Waals surface area contributed by atoms with E-state index in [-0.39, 0.29) is 42.2 Å². The third-order valence-corrected chi connectivity index (χ3v) is 4.46. The molecule has 0 bridgehead atoms. The van der Waals surface area contributed by atoms with Crippen LogP contribution in [0.5, 0.6) is 0 Å². The Morgan fingerprint density at radius 1 is 1.24 bits per heavy atom. The van der Waals surface area contributed by atoms with Crippen LogP contribution in [0, 0.1) is 11.6 Å². The van der Waals surface area contributed by atoms with Gasteiger partial charge in [0.1, 0.15) is 13.2 Å². The molecule has 33 heavy (non-hydrogen) atoms. The Bertz CT molecular complexity index is 997. The number of hydrogen-bond acceptors (Lipinski definition) is 8. The number of urea groups is 2. The molecule has 1 heterocycles. The number of nitrogens with one attached hydrogen (secondary N) is 2. The van der Waals surface area contributed by atoms with Crippen LogP contribution in [0.1, 0.15) is 11.6 Å². The molecule has 1 aliphatic rings. The Morgan fingerprint density at radius 3 is 2.55 bits per heavy atom. The second kappa shape index (κ2) is 11.7. The molecule has 0 spiro atoms. The lowest BCUT2D eigenvalue weighted by atomic mass is 9.93. The van der Waals surface area contributed by atoms with Crippen molar-refractivity contribution in [2.45, 2.75) is 6.04 Å². The van der Waals surface area contributed by atoms with E-state index in [1.807, 2.05) is 0 Å². The fraction of sp³-hybridized carbons (Fsp3) is 0.350. The lowest BCUT2D eigenvalue weighted by molar-refractivity contribution is -0.137. The average Bonchev–Trinajstić information content (AvgIpc) is 2.78. The van der Waals surface area contributed by atoms with Gasteiger partial charge in [0.15, 0.2) is 11.6 Å². The number of aliphatic imine (C=N–C) groups is 1. The summed E-state index contributed by atoms with van der Waals surface area (Å²) in [5.41, 5.74) is 0.0437. The molecule has 1 atom stereocenters. The number of hydrogen-bond donors (Lipinski definition) is 2. The molecule has 0 saturated carbocycles. The predicted molar refractivity (Wildman–Crippen MR) is 113 cm³/mol. The van der Waals surface area contributed by atoms with E-state index in [0.29, 0.717) is 4.90 Å². The van der Waals surface area contributed by atoms with Gasteiger partial charge in [0.2, 0.25) is 0 Å². The summed E-state index contributed by atoms with van der Waals surface area (Å²) in [7, 11) is 3.72. The molecule has 178 valence electrons. The normalized spacial score (nSPS) is 16.3. The summed E-state index contributed by atoms with van der Waals surface area (Å²) in [5.74, 6) is -3.29. The number of benzene rings is 1. The first kappa shape index (κ1) is 25.4. The smallest absolute Gasteiger partial charge is 0.338 e. The molecule has 4 amide bonds. The van der Waals surface area contributed by atoms with Crippen molar-refractivity contribution in [2.24, 2.45) is 10.1 Å². The second-order valence-electron chi connectivity index (χ2n) is 6.57. The Balaban J connectivity index is 2.56. The van der Waals surface area contributed by atoms with Crippen molar-refractivity contribution in [3.8, 4) is 0 Å². The molecular formula is C20H23F2N5O6. The van der Waals surface area contributed by atoms with E-state index in [1.165, 1.54) is 14.2 Å². The molecule has 11 nitrogen and oxygen atoms in total. The zero-order valence-corrected chi connectivity index (χ0v) is 18.2. The second-order valence-corrected chi connectivity index (χ2v) is 6.57. The van der Waals surface area contributed by atoms with Gasteiger partial charge in [-0.15, -0.1) is 0 Å². The maximum absolute atomic E-state index is 14.0. The highest BCUT2D eigenvalue weighted by atomic mass is 19.2. The highest BCUT2D eigenvalue weighted by molar-refractivity contribution is 6.02. The van der Waals surface area contributed by atoms with Crippen LogP contribution in [0.3, 0.4) is 0 Å². The predicted octanol–water partition coefficient (Wildman–Crippen LogP) is 1.52. The van der Waals surface area contributed by atoms with Crippen molar-refractivity contribution in [1.29, 1.82) is 0 Å². The van der Waals surface area contributed by atoms with Crippen LogP contribution in [0.2, 0.25) is 0 Å². The van der Waals surface area contributed by atoms with Gasteiger partial charge >= 0.3 is 18.0 Å². The molecule has 2 rings (SSSR count). The van der Waals surface area contributed by atoms with Crippen molar-refractivity contribution in [3.05, 3.63) is 46.7 Å². The fourth-order valence-corrected chi connectivity index (χ4v) is 3.12. The molecule has 1 aromatic rings. The van der Waals surface area contributed by atoms with Crippen molar-refractivity contribution in [2.75, 3.05) is 41.0 Å². The molecular weight excluding hydrogens is 444 g/mol. The first-order chi connectivity index (χ1) is 15.8. The standard InChI is InChI=1S/C20H23F2N5O6/c1-23-8-12(26-33-4)9-24-19(29)27-17(11-5-6-13(21)14(22)7-11)16(18(28)32-3)15(10-31-2)25-20(27)30/h5-7,17H,1,8-10H2,2-4H3,(H,24,29)(H,25,30)/b26-12+. The number of methoxy groups -OCH3 is 2. The van der Waals surface area contributed by atoms with E-state index >= 15 is 0 Å². The summed E-state index contributed by atoms with van der Waals surface area (Å²) in [4.78, 5) is 47.5. The number of halogens is 2. The van der Waals surface area contributed by atoms with Gasteiger partial charge in [0.25, 0.3) is 0 Å². The summed E-state index contributed by atoms with van der Waals surface area (Å²) in [6.07, 6.45) is 0. The first-order valence-electron chi connectivity index (χ1n) is 9.43. The Morgan fingerprint density at radius 2 is 1.97 bits per heavy atom. The van der Waals surface area contributed by atoms with E-state index in [1.54, 1.807) is 0 Å². The third-order valence-electron chi connectivity index (χ3n) is 4.46. The van der Waals surface area contributed by atoms with E-state index < -0.39 is 35.7 Å². The van der Waals surface area contributed by atoms with E-state index in [2.05, 4.69) is 32.3 Å². The number of carbonyl (C=O) groups excluding carboxylic acids is 3. The van der Waals surface area contributed by atoms with E-state index in [0.717, 1.165) is 25.3 Å². The number of amides is 4. The third kappa shape index (κ3) is 5.88. The molecule has 0 aliphatic carbocycles. The van der Waals surface area contributed by atoms with Gasteiger partial charge in [-0.05, 0) is 24.4 Å². The number of nitrogens with zero attached hydrogens (tertiary/aromatic N) is 3. The van der Waals surface area contributed by atoms with Crippen LogP contribution in [-0.4, -0.2) is 76.4 Å².